The van der Waals surface area contributed by atoms with E-state index in [4.69, 9.17) is 0 Å². The maximum Gasteiger partial charge on any atom is 0.262 e. The molecule has 4 heteroatoms. The molecule has 2 rings (SSSR count). The highest BCUT2D eigenvalue weighted by atomic mass is 16.2. The number of amides is 2. The number of carbonyl (C=O) groups excluding carboxylic acids is 2. The molecule has 0 saturated heterocycles. The van der Waals surface area contributed by atoms with Gasteiger partial charge >= 0.3 is 0 Å². The van der Waals surface area contributed by atoms with E-state index in [-0.39, 0.29) is 24.5 Å². The minimum Gasteiger partial charge on any atom is -0.297 e. The first kappa shape index (κ1) is 10.8. The van der Waals surface area contributed by atoms with E-state index < -0.39 is 0 Å². The zero-order valence-corrected chi connectivity index (χ0v) is 9.36. The van der Waals surface area contributed by atoms with Crippen molar-refractivity contribution in [2.24, 2.45) is 0 Å². The fourth-order valence-corrected chi connectivity index (χ4v) is 1.66. The smallest absolute Gasteiger partial charge is 0.262 e. The van der Waals surface area contributed by atoms with Crippen LogP contribution in [0.2, 0.25) is 0 Å². The van der Waals surface area contributed by atoms with Crippen LogP contribution in [-0.2, 0) is 0 Å². The number of hydrogen-bond donors (Lipinski definition) is 1. The molecular formula is C12H14N2O2. The molecule has 1 aromatic carbocycles. The van der Waals surface area contributed by atoms with Crippen LogP contribution in [0, 0.1) is 0 Å². The number of fused-ring (bicyclic) bond motifs is 1. The van der Waals surface area contributed by atoms with Crippen molar-refractivity contribution < 1.29 is 9.59 Å². The average Bonchev–Trinajstić information content (AvgIpc) is 2.50. The van der Waals surface area contributed by atoms with Crippen LogP contribution in [0.5, 0.6) is 0 Å². The normalized spacial score (nSPS) is 14.8. The van der Waals surface area contributed by atoms with Crippen molar-refractivity contribution in [1.82, 2.24) is 10.2 Å². The third-order valence-corrected chi connectivity index (χ3v) is 2.54. The molecule has 0 aromatic heterocycles. The summed E-state index contributed by atoms with van der Waals surface area (Å²) in [5.74, 6) is -0.428. The number of nitrogens with zero attached hydrogens (tertiary/aromatic N) is 1. The summed E-state index contributed by atoms with van der Waals surface area (Å²) in [5.41, 5.74) is 0.996. The zero-order valence-electron chi connectivity index (χ0n) is 9.36. The number of benzene rings is 1. The predicted octanol–water partition coefficient (Wildman–Crippen LogP) is 1.24. The second kappa shape index (κ2) is 4.06. The molecule has 0 bridgehead atoms. The largest absolute Gasteiger partial charge is 0.297 e. The van der Waals surface area contributed by atoms with Crippen LogP contribution in [0.1, 0.15) is 34.6 Å². The van der Waals surface area contributed by atoms with Gasteiger partial charge in [-0.15, -0.1) is 0 Å². The number of hydrogen-bond acceptors (Lipinski definition) is 3. The third kappa shape index (κ3) is 1.72. The lowest BCUT2D eigenvalue weighted by atomic mass is 10.1. The third-order valence-electron chi connectivity index (χ3n) is 2.54. The molecule has 1 aliphatic rings. The second-order valence-electron chi connectivity index (χ2n) is 4.10. The molecule has 1 N–H and O–H groups in total. The van der Waals surface area contributed by atoms with E-state index in [9.17, 15) is 9.59 Å². The quantitative estimate of drug-likeness (QED) is 0.776. The van der Waals surface area contributed by atoms with Crippen LogP contribution in [-0.4, -0.2) is 29.4 Å². The Bertz CT molecular complexity index is 405. The molecule has 1 aliphatic heterocycles. The SMILES string of the molecule is CC(C)NCN1C(=O)c2ccccc2C1=O. The highest BCUT2D eigenvalue weighted by Gasteiger charge is 2.34. The van der Waals surface area contributed by atoms with E-state index in [1.54, 1.807) is 24.3 Å². The molecule has 0 atom stereocenters. The van der Waals surface area contributed by atoms with Gasteiger partial charge in [-0.05, 0) is 26.0 Å². The van der Waals surface area contributed by atoms with Crippen LogP contribution >= 0.6 is 0 Å². The Hall–Kier alpha value is -1.68. The average molecular weight is 218 g/mol. The van der Waals surface area contributed by atoms with Gasteiger partial charge < -0.3 is 0 Å². The van der Waals surface area contributed by atoms with Crippen molar-refractivity contribution >= 4 is 11.8 Å². The topological polar surface area (TPSA) is 49.4 Å². The molecule has 0 aliphatic carbocycles. The maximum atomic E-state index is 11.9. The molecule has 2 amide bonds. The molecule has 84 valence electrons. The van der Waals surface area contributed by atoms with Gasteiger partial charge in [0.05, 0.1) is 17.8 Å². The standard InChI is InChI=1S/C12H14N2O2/c1-8(2)13-7-14-11(15)9-5-3-4-6-10(9)12(14)16/h3-6,8,13H,7H2,1-2H3. The summed E-state index contributed by atoms with van der Waals surface area (Å²) in [7, 11) is 0. The highest BCUT2D eigenvalue weighted by Crippen LogP contribution is 2.21. The van der Waals surface area contributed by atoms with Gasteiger partial charge in [0.1, 0.15) is 0 Å². The summed E-state index contributed by atoms with van der Waals surface area (Å²) < 4.78 is 0. The molecule has 0 spiro atoms. The Balaban J connectivity index is 2.22. The van der Waals surface area contributed by atoms with Crippen LogP contribution in [0.3, 0.4) is 0 Å². The van der Waals surface area contributed by atoms with Crippen molar-refractivity contribution in [2.45, 2.75) is 19.9 Å². The second-order valence-corrected chi connectivity index (χ2v) is 4.10. The van der Waals surface area contributed by atoms with Crippen molar-refractivity contribution in [1.29, 1.82) is 0 Å². The van der Waals surface area contributed by atoms with E-state index in [1.165, 1.54) is 4.90 Å². The summed E-state index contributed by atoms with van der Waals surface area (Å²) in [4.78, 5) is 25.0. The molecule has 16 heavy (non-hydrogen) atoms. The number of nitrogens with one attached hydrogen (secondary N) is 1. The van der Waals surface area contributed by atoms with Gasteiger partial charge in [0.2, 0.25) is 0 Å². The van der Waals surface area contributed by atoms with E-state index in [2.05, 4.69) is 5.32 Å². The van der Waals surface area contributed by atoms with Crippen molar-refractivity contribution in [3.63, 3.8) is 0 Å². The maximum absolute atomic E-state index is 11.9. The molecule has 0 fully saturated rings. The highest BCUT2D eigenvalue weighted by molar-refractivity contribution is 6.21. The number of carbonyl (C=O) groups is 2. The minimum atomic E-state index is -0.214. The molecule has 1 heterocycles. The van der Waals surface area contributed by atoms with Crippen LogP contribution in [0.15, 0.2) is 24.3 Å². The molecule has 1 aromatic rings. The molecular weight excluding hydrogens is 204 g/mol. The Morgan fingerprint density at radius 3 is 2.06 bits per heavy atom. The van der Waals surface area contributed by atoms with Crippen molar-refractivity contribution in [3.05, 3.63) is 35.4 Å². The van der Waals surface area contributed by atoms with Gasteiger partial charge in [0, 0.05) is 6.04 Å². The summed E-state index contributed by atoms with van der Waals surface area (Å²) in [6.45, 7) is 4.21. The van der Waals surface area contributed by atoms with Crippen LogP contribution < -0.4 is 5.32 Å². The fourth-order valence-electron chi connectivity index (χ4n) is 1.66. The first-order valence-electron chi connectivity index (χ1n) is 5.30. The summed E-state index contributed by atoms with van der Waals surface area (Å²) in [6.07, 6.45) is 0. The predicted molar refractivity (Wildman–Crippen MR) is 60.1 cm³/mol. The van der Waals surface area contributed by atoms with Gasteiger partial charge in [-0.25, -0.2) is 0 Å². The van der Waals surface area contributed by atoms with Gasteiger partial charge in [-0.1, -0.05) is 12.1 Å². The summed E-state index contributed by atoms with van der Waals surface area (Å²) >= 11 is 0. The van der Waals surface area contributed by atoms with Crippen LogP contribution in [0.4, 0.5) is 0 Å². The molecule has 0 radical (unpaired) electrons. The first-order valence-corrected chi connectivity index (χ1v) is 5.30. The number of imide groups is 1. The molecule has 4 nitrogen and oxygen atoms in total. The van der Waals surface area contributed by atoms with E-state index in [1.807, 2.05) is 13.8 Å². The lowest BCUT2D eigenvalue weighted by Gasteiger charge is -2.16. The van der Waals surface area contributed by atoms with Gasteiger partial charge in [0.25, 0.3) is 11.8 Å². The molecule has 0 saturated carbocycles. The Morgan fingerprint density at radius 2 is 1.62 bits per heavy atom. The van der Waals surface area contributed by atoms with Crippen molar-refractivity contribution in [3.8, 4) is 0 Å². The summed E-state index contributed by atoms with van der Waals surface area (Å²) in [5, 5.41) is 3.07. The zero-order chi connectivity index (χ0) is 11.7. The Labute approximate surface area is 94.2 Å². The first-order chi connectivity index (χ1) is 7.61. The lowest BCUT2D eigenvalue weighted by Crippen LogP contribution is -2.40. The van der Waals surface area contributed by atoms with Gasteiger partial charge in [-0.3, -0.25) is 19.8 Å². The molecule has 0 unspecified atom stereocenters. The van der Waals surface area contributed by atoms with E-state index in [0.29, 0.717) is 11.1 Å². The van der Waals surface area contributed by atoms with E-state index in [0.717, 1.165) is 0 Å². The summed E-state index contributed by atoms with van der Waals surface area (Å²) in [6, 6.07) is 7.15. The Morgan fingerprint density at radius 1 is 1.12 bits per heavy atom. The fraction of sp³-hybridized carbons (Fsp3) is 0.333. The monoisotopic (exact) mass is 218 g/mol. The van der Waals surface area contributed by atoms with Gasteiger partial charge in [0.15, 0.2) is 0 Å². The minimum absolute atomic E-state index is 0.214. The van der Waals surface area contributed by atoms with Crippen molar-refractivity contribution in [2.75, 3.05) is 6.67 Å². The number of rotatable bonds is 3. The lowest BCUT2D eigenvalue weighted by molar-refractivity contribution is 0.0638. The Kier molecular flexibility index (Phi) is 2.75. The van der Waals surface area contributed by atoms with Crippen LogP contribution in [0.25, 0.3) is 0 Å². The van der Waals surface area contributed by atoms with E-state index >= 15 is 0 Å². The van der Waals surface area contributed by atoms with Gasteiger partial charge in [-0.2, -0.15) is 0 Å².